The van der Waals surface area contributed by atoms with Gasteiger partial charge in [0.2, 0.25) is 0 Å². The van der Waals surface area contributed by atoms with Gasteiger partial charge in [0, 0.05) is 42.2 Å². The molecule has 3 aliphatic heterocycles. The molecule has 0 aliphatic carbocycles. The van der Waals surface area contributed by atoms with Gasteiger partial charge in [0.05, 0.1) is 5.02 Å². The Morgan fingerprint density at radius 3 is 2.62 bits per heavy atom. The molecule has 40 heavy (non-hydrogen) atoms. The zero-order valence-electron chi connectivity index (χ0n) is 22.5. The number of likely N-dealkylation sites (tertiary alicyclic amines) is 1. The second-order valence-electron chi connectivity index (χ2n) is 11.5. The van der Waals surface area contributed by atoms with Crippen LogP contribution in [0.1, 0.15) is 32.1 Å². The molecule has 3 saturated heterocycles. The minimum Gasteiger partial charge on any atom is -0.508 e. The van der Waals surface area contributed by atoms with Crippen LogP contribution < -0.4 is 15.0 Å². The van der Waals surface area contributed by atoms with Crippen LogP contribution in [0.15, 0.2) is 42.5 Å². The van der Waals surface area contributed by atoms with Crippen LogP contribution in [0, 0.1) is 5.82 Å². The van der Waals surface area contributed by atoms with E-state index in [1.54, 1.807) is 18.2 Å². The summed E-state index contributed by atoms with van der Waals surface area (Å²) in [5.41, 5.74) is 0.909. The molecule has 9 heteroatoms. The minimum absolute atomic E-state index is 0.0460. The smallest absolute Gasteiger partial charge is 0.319 e. The number of phenols is 1. The van der Waals surface area contributed by atoms with Crippen molar-refractivity contribution < 1.29 is 14.2 Å². The highest BCUT2D eigenvalue weighted by Crippen LogP contribution is 2.42. The van der Waals surface area contributed by atoms with Crippen molar-refractivity contribution in [3.63, 3.8) is 0 Å². The van der Waals surface area contributed by atoms with E-state index in [-0.39, 0.29) is 33.9 Å². The van der Waals surface area contributed by atoms with E-state index in [0.29, 0.717) is 35.5 Å². The molecule has 0 radical (unpaired) electrons. The highest BCUT2D eigenvalue weighted by molar-refractivity contribution is 6.35. The first-order valence-electron chi connectivity index (χ1n) is 14.2. The molecule has 0 spiro atoms. The first-order chi connectivity index (χ1) is 19.4. The number of piperazine rings is 1. The average Bonchev–Trinajstić information content (AvgIpc) is 3.36. The van der Waals surface area contributed by atoms with Crippen LogP contribution in [0.4, 0.5) is 10.2 Å². The molecule has 2 unspecified atom stereocenters. The predicted molar refractivity (Wildman–Crippen MR) is 157 cm³/mol. The van der Waals surface area contributed by atoms with Crippen LogP contribution >= 0.6 is 11.6 Å². The third-order valence-corrected chi connectivity index (χ3v) is 9.09. The molecule has 2 N–H and O–H groups in total. The Hall–Kier alpha value is -3.20. The SMILES string of the molecule is CN1CCC[C@H]1COc1nc(N2CC3CCCC(C2)N3)c2cc(Cl)c(-c3cc(O)cc4ccccc34)c(F)c2n1. The lowest BCUT2D eigenvalue weighted by Crippen LogP contribution is -2.59. The van der Waals surface area contributed by atoms with E-state index >= 15 is 4.39 Å². The summed E-state index contributed by atoms with van der Waals surface area (Å²) in [6, 6.07) is 13.8. The number of halogens is 2. The standard InChI is InChI=1S/C31H33ClFN5O2/c1-37-11-5-9-21(37)17-40-31-35-29-25(30(36-31)38-15-19-7-4-8-20(16-38)34-19)14-26(32)27(28(29)33)24-13-22(39)12-18-6-2-3-10-23(18)24/h2-3,6,10,12-14,19-21,34,39H,4-5,7-9,11,15-17H2,1H3/t19?,20?,21-/m0/s1. The van der Waals surface area contributed by atoms with Gasteiger partial charge in [-0.25, -0.2) is 4.39 Å². The van der Waals surface area contributed by atoms with E-state index in [1.165, 1.54) is 6.42 Å². The van der Waals surface area contributed by atoms with Gasteiger partial charge in [0.1, 0.15) is 23.7 Å². The maximum atomic E-state index is 16.7. The Morgan fingerprint density at radius 2 is 1.85 bits per heavy atom. The molecule has 3 aliphatic rings. The number of rotatable bonds is 5. The molecule has 3 atom stereocenters. The molecule has 4 heterocycles. The number of hydrogen-bond donors (Lipinski definition) is 2. The fraction of sp³-hybridized carbons (Fsp3) is 0.419. The number of aromatic nitrogens is 2. The van der Waals surface area contributed by atoms with Gasteiger partial charge in [-0.3, -0.25) is 0 Å². The first-order valence-corrected chi connectivity index (χ1v) is 14.6. The van der Waals surface area contributed by atoms with Gasteiger partial charge in [0.25, 0.3) is 0 Å². The molecular weight excluding hydrogens is 529 g/mol. The van der Waals surface area contributed by atoms with E-state index in [1.807, 2.05) is 24.3 Å². The molecule has 4 aromatic rings. The van der Waals surface area contributed by atoms with Crippen LogP contribution in [-0.2, 0) is 0 Å². The number of hydrogen-bond acceptors (Lipinski definition) is 7. The van der Waals surface area contributed by atoms with Crippen molar-refractivity contribution in [2.75, 3.05) is 38.2 Å². The summed E-state index contributed by atoms with van der Waals surface area (Å²) >= 11 is 6.86. The van der Waals surface area contributed by atoms with E-state index < -0.39 is 5.82 Å². The third kappa shape index (κ3) is 4.62. The van der Waals surface area contributed by atoms with Gasteiger partial charge < -0.3 is 25.0 Å². The van der Waals surface area contributed by atoms with E-state index in [9.17, 15) is 5.11 Å². The topological polar surface area (TPSA) is 73.8 Å². The highest BCUT2D eigenvalue weighted by Gasteiger charge is 2.33. The Morgan fingerprint density at radius 1 is 1.05 bits per heavy atom. The summed E-state index contributed by atoms with van der Waals surface area (Å²) in [7, 11) is 2.10. The molecule has 208 valence electrons. The van der Waals surface area contributed by atoms with Gasteiger partial charge in [0.15, 0.2) is 5.82 Å². The number of nitrogens with zero attached hydrogens (tertiary/aromatic N) is 4. The van der Waals surface area contributed by atoms with E-state index in [4.69, 9.17) is 21.3 Å². The summed E-state index contributed by atoms with van der Waals surface area (Å²) in [5, 5.41) is 16.6. The third-order valence-electron chi connectivity index (χ3n) is 8.79. The largest absolute Gasteiger partial charge is 0.508 e. The first kappa shape index (κ1) is 25.7. The lowest BCUT2D eigenvalue weighted by Gasteiger charge is -2.43. The van der Waals surface area contributed by atoms with Crippen LogP contribution in [-0.4, -0.2) is 71.4 Å². The minimum atomic E-state index is -0.542. The summed E-state index contributed by atoms with van der Waals surface area (Å²) in [4.78, 5) is 14.0. The lowest BCUT2D eigenvalue weighted by atomic mass is 9.93. The molecule has 3 fully saturated rings. The second kappa shape index (κ2) is 10.3. The molecule has 7 rings (SSSR count). The molecule has 0 saturated carbocycles. The van der Waals surface area contributed by atoms with Crippen LogP contribution in [0.25, 0.3) is 32.8 Å². The molecule has 3 aromatic carbocycles. The number of aromatic hydroxyl groups is 1. The van der Waals surface area contributed by atoms with Gasteiger partial charge in [-0.1, -0.05) is 42.3 Å². The summed E-state index contributed by atoms with van der Waals surface area (Å²) in [6.45, 7) is 3.06. The fourth-order valence-electron chi connectivity index (χ4n) is 6.75. The molecular formula is C31H33ClFN5O2. The number of benzene rings is 3. The molecule has 2 bridgehead atoms. The van der Waals surface area contributed by atoms with Crippen molar-refractivity contribution in [1.82, 2.24) is 20.2 Å². The maximum absolute atomic E-state index is 16.7. The van der Waals surface area contributed by atoms with Crippen molar-refractivity contribution in [3.8, 4) is 22.9 Å². The van der Waals surface area contributed by atoms with Gasteiger partial charge >= 0.3 is 6.01 Å². The number of phenolic OH excluding ortho intramolecular Hbond substituents is 1. The lowest BCUT2D eigenvalue weighted by molar-refractivity contribution is 0.188. The van der Waals surface area contributed by atoms with Crippen molar-refractivity contribution >= 4 is 39.1 Å². The van der Waals surface area contributed by atoms with Crippen LogP contribution in [0.3, 0.4) is 0 Å². The van der Waals surface area contributed by atoms with Crippen LogP contribution in [0.2, 0.25) is 5.02 Å². The Bertz CT molecular complexity index is 1590. The number of anilines is 1. The zero-order chi connectivity index (χ0) is 27.4. The monoisotopic (exact) mass is 561 g/mol. The second-order valence-corrected chi connectivity index (χ2v) is 11.9. The fourth-order valence-corrected chi connectivity index (χ4v) is 7.05. The van der Waals surface area contributed by atoms with Crippen molar-refractivity contribution in [3.05, 3.63) is 53.3 Å². The number of piperidine rings is 1. The van der Waals surface area contributed by atoms with Gasteiger partial charge in [-0.15, -0.1) is 0 Å². The average molecular weight is 562 g/mol. The van der Waals surface area contributed by atoms with Crippen molar-refractivity contribution in [2.45, 2.75) is 50.2 Å². The maximum Gasteiger partial charge on any atom is 0.319 e. The highest BCUT2D eigenvalue weighted by atomic mass is 35.5. The molecule has 0 amide bonds. The Labute approximate surface area is 237 Å². The summed E-state index contributed by atoms with van der Waals surface area (Å²) < 4.78 is 22.9. The summed E-state index contributed by atoms with van der Waals surface area (Å²) in [5.74, 6) is 0.163. The number of fused-ring (bicyclic) bond motifs is 4. The Kier molecular flexibility index (Phi) is 6.65. The number of likely N-dealkylation sites (N-methyl/N-ethyl adjacent to an activating group) is 1. The van der Waals surface area contributed by atoms with Crippen LogP contribution in [0.5, 0.6) is 11.8 Å². The summed E-state index contributed by atoms with van der Waals surface area (Å²) in [6.07, 6.45) is 5.61. The quantitative estimate of drug-likeness (QED) is 0.321. The molecule has 7 nitrogen and oxygen atoms in total. The van der Waals surface area contributed by atoms with Gasteiger partial charge in [-0.2, -0.15) is 9.97 Å². The van der Waals surface area contributed by atoms with Crippen molar-refractivity contribution in [2.24, 2.45) is 0 Å². The van der Waals surface area contributed by atoms with E-state index in [0.717, 1.165) is 56.1 Å². The van der Waals surface area contributed by atoms with E-state index in [2.05, 4.69) is 27.1 Å². The molecule has 1 aromatic heterocycles. The van der Waals surface area contributed by atoms with Crippen molar-refractivity contribution in [1.29, 1.82) is 0 Å². The van der Waals surface area contributed by atoms with Gasteiger partial charge in [-0.05, 0) is 73.8 Å². The predicted octanol–water partition coefficient (Wildman–Crippen LogP) is 5.75. The Balaban J connectivity index is 1.38. The number of ether oxygens (including phenoxy) is 1. The number of nitrogens with one attached hydrogen (secondary N) is 1. The zero-order valence-corrected chi connectivity index (χ0v) is 23.3. The normalized spacial score (nSPS) is 23.3.